The summed E-state index contributed by atoms with van der Waals surface area (Å²) in [6.45, 7) is 5.68. The summed E-state index contributed by atoms with van der Waals surface area (Å²) < 4.78 is 15.6. The van der Waals surface area contributed by atoms with Crippen LogP contribution in [0.1, 0.15) is 29.7 Å². The van der Waals surface area contributed by atoms with Crippen LogP contribution >= 0.6 is 0 Å². The van der Waals surface area contributed by atoms with Gasteiger partial charge in [-0.3, -0.25) is 4.57 Å². The molecule has 2 aromatic heterocycles. The van der Waals surface area contributed by atoms with Gasteiger partial charge in [0.15, 0.2) is 5.65 Å². The standard InChI is InChI=1S/C16H17FN4/c1-9-4-5-12(8-13(9)17)11(3)21-15-14(20-16(21)18)10(2)6-7-19-15/h4-8,11H,1-3H3,(H2,18,20). The molecule has 0 radical (unpaired) electrons. The van der Waals surface area contributed by atoms with Crippen molar-refractivity contribution in [3.05, 3.63) is 53.0 Å². The number of aromatic nitrogens is 3. The van der Waals surface area contributed by atoms with Crippen LogP contribution in [0.25, 0.3) is 11.2 Å². The van der Waals surface area contributed by atoms with Crippen molar-refractivity contribution in [2.24, 2.45) is 0 Å². The van der Waals surface area contributed by atoms with Crippen molar-refractivity contribution >= 4 is 17.1 Å². The normalized spacial score (nSPS) is 12.8. The molecule has 0 saturated carbocycles. The third-order valence-electron chi connectivity index (χ3n) is 3.87. The summed E-state index contributed by atoms with van der Waals surface area (Å²) in [5.74, 6) is 0.173. The molecule has 1 atom stereocenters. The third-order valence-corrected chi connectivity index (χ3v) is 3.87. The molecule has 0 fully saturated rings. The number of benzene rings is 1. The number of hydrogen-bond acceptors (Lipinski definition) is 3. The number of nitrogen functional groups attached to an aromatic ring is 1. The van der Waals surface area contributed by atoms with Gasteiger partial charge in [-0.25, -0.2) is 14.4 Å². The molecule has 3 aromatic rings. The van der Waals surface area contributed by atoms with Crippen molar-refractivity contribution in [3.63, 3.8) is 0 Å². The highest BCUT2D eigenvalue weighted by molar-refractivity contribution is 5.77. The number of halogens is 1. The van der Waals surface area contributed by atoms with E-state index >= 15 is 0 Å². The smallest absolute Gasteiger partial charge is 0.203 e. The van der Waals surface area contributed by atoms with E-state index in [0.29, 0.717) is 11.5 Å². The number of pyridine rings is 1. The number of nitrogens with zero attached hydrogens (tertiary/aromatic N) is 3. The quantitative estimate of drug-likeness (QED) is 0.785. The van der Waals surface area contributed by atoms with E-state index in [-0.39, 0.29) is 11.9 Å². The highest BCUT2D eigenvalue weighted by atomic mass is 19.1. The lowest BCUT2D eigenvalue weighted by Crippen LogP contribution is -2.11. The number of nitrogens with two attached hydrogens (primary N) is 1. The maximum absolute atomic E-state index is 13.8. The number of fused-ring (bicyclic) bond motifs is 1. The van der Waals surface area contributed by atoms with Crippen molar-refractivity contribution in [3.8, 4) is 0 Å². The van der Waals surface area contributed by atoms with Gasteiger partial charge in [0.2, 0.25) is 5.95 Å². The predicted molar refractivity (Wildman–Crippen MR) is 81.6 cm³/mol. The van der Waals surface area contributed by atoms with Crippen molar-refractivity contribution < 1.29 is 4.39 Å². The van der Waals surface area contributed by atoms with Gasteiger partial charge in [0, 0.05) is 6.20 Å². The third kappa shape index (κ3) is 2.14. The largest absolute Gasteiger partial charge is 0.369 e. The lowest BCUT2D eigenvalue weighted by Gasteiger charge is -2.16. The molecular formula is C16H17FN4. The second-order valence-corrected chi connectivity index (χ2v) is 5.32. The Labute approximate surface area is 122 Å². The highest BCUT2D eigenvalue weighted by Gasteiger charge is 2.18. The Morgan fingerprint density at radius 3 is 2.67 bits per heavy atom. The Morgan fingerprint density at radius 1 is 1.19 bits per heavy atom. The number of rotatable bonds is 2. The lowest BCUT2D eigenvalue weighted by atomic mass is 10.1. The zero-order valence-corrected chi connectivity index (χ0v) is 12.3. The minimum Gasteiger partial charge on any atom is -0.369 e. The molecule has 0 aliphatic heterocycles. The molecule has 3 rings (SSSR count). The van der Waals surface area contributed by atoms with Crippen LogP contribution in [-0.2, 0) is 0 Å². The number of imidazole rings is 1. The number of anilines is 1. The average molecular weight is 284 g/mol. The SMILES string of the molecule is Cc1ccc(C(C)n2c(N)nc3c(C)ccnc32)cc1F. The van der Waals surface area contributed by atoms with E-state index in [0.717, 1.165) is 22.3 Å². The summed E-state index contributed by atoms with van der Waals surface area (Å²) in [4.78, 5) is 8.76. The molecule has 5 heteroatoms. The van der Waals surface area contributed by atoms with Crippen LogP contribution < -0.4 is 5.73 Å². The minimum atomic E-state index is -0.216. The first-order chi connectivity index (χ1) is 9.99. The fourth-order valence-electron chi connectivity index (χ4n) is 2.53. The van der Waals surface area contributed by atoms with Crippen molar-refractivity contribution in [2.75, 3.05) is 5.73 Å². The Morgan fingerprint density at radius 2 is 1.95 bits per heavy atom. The van der Waals surface area contributed by atoms with Gasteiger partial charge in [-0.15, -0.1) is 0 Å². The summed E-state index contributed by atoms with van der Waals surface area (Å²) in [5, 5.41) is 0. The van der Waals surface area contributed by atoms with Gasteiger partial charge in [0.05, 0.1) is 6.04 Å². The fraction of sp³-hybridized carbons (Fsp3) is 0.250. The molecule has 4 nitrogen and oxygen atoms in total. The molecule has 2 heterocycles. The molecule has 1 unspecified atom stereocenters. The molecule has 1 aromatic carbocycles. The van der Waals surface area contributed by atoms with E-state index in [1.807, 2.05) is 30.5 Å². The fourth-order valence-corrected chi connectivity index (χ4v) is 2.53. The van der Waals surface area contributed by atoms with E-state index in [1.165, 1.54) is 0 Å². The Hall–Kier alpha value is -2.43. The van der Waals surface area contributed by atoms with Gasteiger partial charge in [0.25, 0.3) is 0 Å². The van der Waals surface area contributed by atoms with E-state index in [4.69, 9.17) is 5.73 Å². The summed E-state index contributed by atoms with van der Waals surface area (Å²) in [5.41, 5.74) is 10.0. The molecule has 0 aliphatic rings. The maximum atomic E-state index is 13.8. The van der Waals surface area contributed by atoms with Gasteiger partial charge in [-0.2, -0.15) is 0 Å². The van der Waals surface area contributed by atoms with Gasteiger partial charge < -0.3 is 5.73 Å². The maximum Gasteiger partial charge on any atom is 0.203 e. The van der Waals surface area contributed by atoms with Crippen molar-refractivity contribution in [2.45, 2.75) is 26.8 Å². The van der Waals surface area contributed by atoms with Crippen LogP contribution in [0, 0.1) is 19.7 Å². The van der Waals surface area contributed by atoms with Gasteiger partial charge >= 0.3 is 0 Å². The van der Waals surface area contributed by atoms with Crippen molar-refractivity contribution in [1.29, 1.82) is 0 Å². The summed E-state index contributed by atoms with van der Waals surface area (Å²) in [6.07, 6.45) is 1.73. The number of hydrogen-bond donors (Lipinski definition) is 1. The zero-order chi connectivity index (χ0) is 15.1. The summed E-state index contributed by atoms with van der Waals surface area (Å²) in [7, 11) is 0. The first-order valence-electron chi connectivity index (χ1n) is 6.84. The first-order valence-corrected chi connectivity index (χ1v) is 6.84. The molecular weight excluding hydrogens is 267 g/mol. The second kappa shape index (κ2) is 4.84. The van der Waals surface area contributed by atoms with Crippen LogP contribution in [0.3, 0.4) is 0 Å². The monoisotopic (exact) mass is 284 g/mol. The van der Waals surface area contributed by atoms with E-state index in [9.17, 15) is 4.39 Å². The molecule has 0 aliphatic carbocycles. The van der Waals surface area contributed by atoms with Crippen LogP contribution in [0.4, 0.5) is 10.3 Å². The van der Waals surface area contributed by atoms with E-state index < -0.39 is 0 Å². The van der Waals surface area contributed by atoms with Crippen LogP contribution in [0.2, 0.25) is 0 Å². The lowest BCUT2D eigenvalue weighted by molar-refractivity contribution is 0.603. The van der Waals surface area contributed by atoms with Crippen LogP contribution in [-0.4, -0.2) is 14.5 Å². The molecule has 108 valence electrons. The van der Waals surface area contributed by atoms with Crippen LogP contribution in [0.15, 0.2) is 30.5 Å². The summed E-state index contributed by atoms with van der Waals surface area (Å²) in [6, 6.07) is 6.98. The van der Waals surface area contributed by atoms with E-state index in [1.54, 1.807) is 25.3 Å². The van der Waals surface area contributed by atoms with Crippen LogP contribution in [0.5, 0.6) is 0 Å². The molecule has 21 heavy (non-hydrogen) atoms. The second-order valence-electron chi connectivity index (χ2n) is 5.32. The van der Waals surface area contributed by atoms with E-state index in [2.05, 4.69) is 9.97 Å². The Bertz CT molecular complexity index is 823. The predicted octanol–water partition coefficient (Wildman–Crippen LogP) is 3.38. The molecule has 0 bridgehead atoms. The van der Waals surface area contributed by atoms with Gasteiger partial charge in [-0.05, 0) is 49.6 Å². The van der Waals surface area contributed by atoms with Gasteiger partial charge in [-0.1, -0.05) is 12.1 Å². The topological polar surface area (TPSA) is 56.7 Å². The molecule has 0 spiro atoms. The zero-order valence-electron chi connectivity index (χ0n) is 12.3. The Kier molecular flexibility index (Phi) is 3.12. The number of aryl methyl sites for hydroxylation is 2. The average Bonchev–Trinajstić information content (AvgIpc) is 2.79. The van der Waals surface area contributed by atoms with Gasteiger partial charge in [0.1, 0.15) is 11.3 Å². The summed E-state index contributed by atoms with van der Waals surface area (Å²) >= 11 is 0. The molecule has 0 saturated heterocycles. The molecule has 0 amide bonds. The Balaban J connectivity index is 2.17. The first kappa shape index (κ1) is 13.5. The highest BCUT2D eigenvalue weighted by Crippen LogP contribution is 2.28. The minimum absolute atomic E-state index is 0.139. The van der Waals surface area contributed by atoms with Crippen molar-refractivity contribution in [1.82, 2.24) is 14.5 Å². The molecule has 2 N–H and O–H groups in total.